The number of rotatable bonds is 5. The minimum absolute atomic E-state index is 0.153. The number of ether oxygens (including phenoxy) is 2. The molecule has 1 aliphatic heterocycles. The molecule has 1 saturated heterocycles. The van der Waals surface area contributed by atoms with Crippen LogP contribution in [0.1, 0.15) is 19.3 Å². The average molecular weight is 315 g/mol. The van der Waals surface area contributed by atoms with E-state index in [0.29, 0.717) is 24.5 Å². The van der Waals surface area contributed by atoms with Crippen molar-refractivity contribution in [1.82, 2.24) is 4.31 Å². The predicted octanol–water partition coefficient (Wildman–Crippen LogP) is 1.24. The molecule has 7 heteroatoms. The summed E-state index contributed by atoms with van der Waals surface area (Å²) in [5.41, 5.74) is 0. The summed E-state index contributed by atoms with van der Waals surface area (Å²) in [5.74, 6) is 0.852. The van der Waals surface area contributed by atoms with E-state index in [1.807, 2.05) is 0 Å². The highest BCUT2D eigenvalue weighted by Crippen LogP contribution is 2.32. The van der Waals surface area contributed by atoms with E-state index >= 15 is 0 Å². The SMILES string of the molecule is COc1ccc(S(=O)(=O)N2CCCCC2CO)cc1OC. The molecule has 0 spiro atoms. The summed E-state index contributed by atoms with van der Waals surface area (Å²) in [6.07, 6.45) is 2.43. The molecule has 0 saturated carbocycles. The number of sulfonamides is 1. The zero-order chi connectivity index (χ0) is 15.5. The molecule has 0 bridgehead atoms. The monoisotopic (exact) mass is 315 g/mol. The molecule has 21 heavy (non-hydrogen) atoms. The highest BCUT2D eigenvalue weighted by atomic mass is 32.2. The Labute approximate surface area is 125 Å². The second-order valence-electron chi connectivity index (χ2n) is 4.96. The number of hydrogen-bond donors (Lipinski definition) is 1. The second kappa shape index (κ2) is 6.64. The molecule has 6 nitrogen and oxygen atoms in total. The Hall–Kier alpha value is -1.31. The molecule has 1 aromatic rings. The van der Waals surface area contributed by atoms with Crippen LogP contribution < -0.4 is 9.47 Å². The van der Waals surface area contributed by atoms with Crippen molar-refractivity contribution in [3.05, 3.63) is 18.2 Å². The number of nitrogens with zero attached hydrogens (tertiary/aromatic N) is 1. The van der Waals surface area contributed by atoms with Gasteiger partial charge in [-0.15, -0.1) is 0 Å². The van der Waals surface area contributed by atoms with Gasteiger partial charge in [-0.2, -0.15) is 4.31 Å². The molecule has 1 heterocycles. The van der Waals surface area contributed by atoms with Crippen molar-refractivity contribution >= 4 is 10.0 Å². The largest absolute Gasteiger partial charge is 0.493 e. The number of benzene rings is 1. The Morgan fingerprint density at radius 3 is 2.57 bits per heavy atom. The summed E-state index contributed by atoms with van der Waals surface area (Å²) in [6, 6.07) is 4.18. The third-order valence-corrected chi connectivity index (χ3v) is 5.69. The van der Waals surface area contributed by atoms with Gasteiger partial charge in [0, 0.05) is 18.7 Å². The standard InChI is InChI=1S/C14H21NO5S/c1-19-13-7-6-12(9-14(13)20-2)21(17,18)15-8-4-3-5-11(15)10-16/h6-7,9,11,16H,3-5,8,10H2,1-2H3. The maximum absolute atomic E-state index is 12.7. The van der Waals surface area contributed by atoms with Crippen LogP contribution in [0, 0.1) is 0 Å². The molecule has 2 rings (SSSR count). The van der Waals surface area contributed by atoms with E-state index in [2.05, 4.69) is 0 Å². The van der Waals surface area contributed by atoms with E-state index in [1.165, 1.54) is 30.7 Å². The van der Waals surface area contributed by atoms with Crippen molar-refractivity contribution in [3.8, 4) is 11.5 Å². The first-order valence-electron chi connectivity index (χ1n) is 6.89. The quantitative estimate of drug-likeness (QED) is 0.885. The lowest BCUT2D eigenvalue weighted by Gasteiger charge is -2.33. The molecule has 1 aromatic carbocycles. The predicted molar refractivity (Wildman–Crippen MR) is 78.2 cm³/mol. The fraction of sp³-hybridized carbons (Fsp3) is 0.571. The smallest absolute Gasteiger partial charge is 0.243 e. The number of hydrogen-bond acceptors (Lipinski definition) is 5. The topological polar surface area (TPSA) is 76.1 Å². The minimum atomic E-state index is -3.64. The molecule has 1 aliphatic rings. The van der Waals surface area contributed by atoms with E-state index in [1.54, 1.807) is 6.07 Å². The number of methoxy groups -OCH3 is 2. The van der Waals surface area contributed by atoms with Crippen LogP contribution in [0.25, 0.3) is 0 Å². The van der Waals surface area contributed by atoms with E-state index in [-0.39, 0.29) is 17.5 Å². The lowest BCUT2D eigenvalue weighted by Crippen LogP contribution is -2.45. The van der Waals surface area contributed by atoms with Gasteiger partial charge in [-0.1, -0.05) is 6.42 Å². The molecular weight excluding hydrogens is 294 g/mol. The normalized spacial score (nSPS) is 20.2. The van der Waals surface area contributed by atoms with Crippen LogP contribution in [-0.2, 0) is 10.0 Å². The highest BCUT2D eigenvalue weighted by Gasteiger charge is 2.33. The van der Waals surface area contributed by atoms with E-state index in [9.17, 15) is 13.5 Å². The van der Waals surface area contributed by atoms with Gasteiger partial charge in [-0.3, -0.25) is 0 Å². The van der Waals surface area contributed by atoms with Crippen LogP contribution in [0.4, 0.5) is 0 Å². The van der Waals surface area contributed by atoms with Gasteiger partial charge in [-0.25, -0.2) is 8.42 Å². The first-order valence-corrected chi connectivity index (χ1v) is 8.33. The zero-order valence-electron chi connectivity index (χ0n) is 12.3. The summed E-state index contributed by atoms with van der Waals surface area (Å²) in [7, 11) is -0.681. The van der Waals surface area contributed by atoms with Gasteiger partial charge < -0.3 is 14.6 Å². The summed E-state index contributed by atoms with van der Waals surface area (Å²) >= 11 is 0. The van der Waals surface area contributed by atoms with Crippen molar-refractivity contribution in [2.24, 2.45) is 0 Å². The fourth-order valence-corrected chi connectivity index (χ4v) is 4.29. The van der Waals surface area contributed by atoms with Gasteiger partial charge in [0.25, 0.3) is 0 Å². The molecular formula is C14H21NO5S. The van der Waals surface area contributed by atoms with Crippen molar-refractivity contribution in [3.63, 3.8) is 0 Å². The van der Waals surface area contributed by atoms with Crippen molar-refractivity contribution in [2.75, 3.05) is 27.4 Å². The minimum Gasteiger partial charge on any atom is -0.493 e. The third kappa shape index (κ3) is 3.14. The Morgan fingerprint density at radius 1 is 1.24 bits per heavy atom. The van der Waals surface area contributed by atoms with Crippen LogP contribution in [0.5, 0.6) is 11.5 Å². The van der Waals surface area contributed by atoms with E-state index in [0.717, 1.165) is 12.8 Å². The van der Waals surface area contributed by atoms with Gasteiger partial charge >= 0.3 is 0 Å². The Balaban J connectivity index is 2.38. The van der Waals surface area contributed by atoms with Crippen LogP contribution in [-0.4, -0.2) is 51.2 Å². The van der Waals surface area contributed by atoms with Gasteiger partial charge in [0.1, 0.15) is 0 Å². The Morgan fingerprint density at radius 2 is 1.95 bits per heavy atom. The summed E-state index contributed by atoms with van der Waals surface area (Å²) < 4.78 is 37.1. The molecule has 0 radical (unpaired) electrons. The molecule has 1 fully saturated rings. The maximum Gasteiger partial charge on any atom is 0.243 e. The Kier molecular flexibility index (Phi) is 5.08. The fourth-order valence-electron chi connectivity index (χ4n) is 2.59. The zero-order valence-corrected chi connectivity index (χ0v) is 13.1. The summed E-state index contributed by atoms with van der Waals surface area (Å²) in [6.45, 7) is 0.272. The van der Waals surface area contributed by atoms with Crippen LogP contribution in [0.15, 0.2) is 23.1 Å². The van der Waals surface area contributed by atoms with E-state index in [4.69, 9.17) is 9.47 Å². The van der Waals surface area contributed by atoms with Gasteiger partial charge in [0.15, 0.2) is 11.5 Å². The number of aliphatic hydroxyl groups is 1. The summed E-state index contributed by atoms with van der Waals surface area (Å²) in [4.78, 5) is 0.153. The van der Waals surface area contributed by atoms with E-state index < -0.39 is 10.0 Å². The van der Waals surface area contributed by atoms with Crippen molar-refractivity contribution in [1.29, 1.82) is 0 Å². The van der Waals surface area contributed by atoms with Crippen LogP contribution >= 0.6 is 0 Å². The van der Waals surface area contributed by atoms with Gasteiger partial charge in [0.2, 0.25) is 10.0 Å². The first-order chi connectivity index (χ1) is 10.0. The molecule has 1 unspecified atom stereocenters. The third-order valence-electron chi connectivity index (χ3n) is 3.75. The molecule has 0 aliphatic carbocycles. The van der Waals surface area contributed by atoms with Gasteiger partial charge in [0.05, 0.1) is 25.7 Å². The highest BCUT2D eigenvalue weighted by molar-refractivity contribution is 7.89. The molecule has 0 aromatic heterocycles. The number of aliphatic hydroxyl groups excluding tert-OH is 1. The van der Waals surface area contributed by atoms with Gasteiger partial charge in [-0.05, 0) is 25.0 Å². The van der Waals surface area contributed by atoms with Crippen LogP contribution in [0.3, 0.4) is 0 Å². The maximum atomic E-state index is 12.7. The molecule has 1 N–H and O–H groups in total. The van der Waals surface area contributed by atoms with Crippen molar-refractivity contribution in [2.45, 2.75) is 30.2 Å². The Bertz CT molecular complexity index is 587. The second-order valence-corrected chi connectivity index (χ2v) is 6.86. The van der Waals surface area contributed by atoms with Crippen molar-refractivity contribution < 1.29 is 23.0 Å². The molecule has 1 atom stereocenters. The lowest BCUT2D eigenvalue weighted by atomic mass is 10.1. The average Bonchev–Trinajstić information content (AvgIpc) is 2.53. The summed E-state index contributed by atoms with van der Waals surface area (Å²) in [5, 5.41) is 9.40. The van der Waals surface area contributed by atoms with Crippen LogP contribution in [0.2, 0.25) is 0 Å². The number of piperidine rings is 1. The lowest BCUT2D eigenvalue weighted by molar-refractivity contribution is 0.155. The molecule has 0 amide bonds. The molecule has 118 valence electrons. The first kappa shape index (κ1) is 16.1.